The second kappa shape index (κ2) is 8.46. The maximum Gasteiger partial charge on any atom is 0.0166 e. The number of rotatable bonds is 8. The molecule has 1 aliphatic heterocycles. The Kier molecular flexibility index (Phi) is 7.54. The van der Waals surface area contributed by atoms with E-state index < -0.39 is 0 Å². The molecule has 0 saturated carbocycles. The molecule has 1 saturated heterocycles. The van der Waals surface area contributed by atoms with E-state index in [0.29, 0.717) is 6.04 Å². The molecule has 2 N–H and O–H groups in total. The van der Waals surface area contributed by atoms with Gasteiger partial charge in [0.15, 0.2) is 0 Å². The van der Waals surface area contributed by atoms with E-state index in [-0.39, 0.29) is 0 Å². The highest BCUT2D eigenvalue weighted by molar-refractivity contribution is 7.99. The first kappa shape index (κ1) is 13.4. The predicted octanol–water partition coefficient (Wildman–Crippen LogP) is 3.82. The molecule has 1 rings (SSSR count). The average Bonchev–Trinajstić information content (AvgIpc) is 2.63. The molecule has 0 aliphatic carbocycles. The topological polar surface area (TPSA) is 26.0 Å². The highest BCUT2D eigenvalue weighted by Gasteiger charge is 2.23. The highest BCUT2D eigenvalue weighted by atomic mass is 32.2. The van der Waals surface area contributed by atoms with Crippen molar-refractivity contribution in [3.05, 3.63) is 0 Å². The Labute approximate surface area is 99.6 Å². The van der Waals surface area contributed by atoms with E-state index in [4.69, 9.17) is 5.73 Å². The van der Waals surface area contributed by atoms with Crippen molar-refractivity contribution >= 4 is 11.8 Å². The molecule has 0 radical (unpaired) electrons. The monoisotopic (exact) mass is 229 g/mol. The Hall–Kier alpha value is 0.310. The minimum absolute atomic E-state index is 0.495. The number of hydrogen-bond acceptors (Lipinski definition) is 2. The summed E-state index contributed by atoms with van der Waals surface area (Å²) in [5.41, 5.74) is 6.04. The molecule has 2 heteroatoms. The molecular weight excluding hydrogens is 202 g/mol. The summed E-state index contributed by atoms with van der Waals surface area (Å²) in [4.78, 5) is 0. The molecule has 1 aliphatic rings. The van der Waals surface area contributed by atoms with Crippen LogP contribution in [0, 0.1) is 5.92 Å². The van der Waals surface area contributed by atoms with Crippen LogP contribution in [0.15, 0.2) is 0 Å². The maximum atomic E-state index is 6.04. The molecule has 1 fully saturated rings. The summed E-state index contributed by atoms with van der Waals surface area (Å²) in [7, 11) is 0. The molecule has 2 unspecified atom stereocenters. The van der Waals surface area contributed by atoms with Crippen LogP contribution in [-0.2, 0) is 0 Å². The summed E-state index contributed by atoms with van der Waals surface area (Å²) in [6.45, 7) is 2.28. The Morgan fingerprint density at radius 2 is 1.67 bits per heavy atom. The molecule has 0 amide bonds. The first-order valence-corrected chi connectivity index (χ1v) is 7.83. The van der Waals surface area contributed by atoms with E-state index in [1.165, 1.54) is 62.9 Å². The molecule has 0 spiro atoms. The van der Waals surface area contributed by atoms with E-state index >= 15 is 0 Å². The minimum Gasteiger partial charge on any atom is -0.327 e. The van der Waals surface area contributed by atoms with Crippen LogP contribution >= 0.6 is 11.8 Å². The number of hydrogen-bond donors (Lipinski definition) is 1. The van der Waals surface area contributed by atoms with Gasteiger partial charge in [0, 0.05) is 11.8 Å². The zero-order chi connectivity index (χ0) is 10.9. The van der Waals surface area contributed by atoms with Gasteiger partial charge in [-0.25, -0.2) is 0 Å². The van der Waals surface area contributed by atoms with E-state index in [1.807, 2.05) is 11.8 Å². The van der Waals surface area contributed by atoms with Crippen LogP contribution in [0.4, 0.5) is 0 Å². The zero-order valence-electron chi connectivity index (χ0n) is 10.2. The van der Waals surface area contributed by atoms with E-state index in [0.717, 1.165) is 5.92 Å². The SMILES string of the molecule is CCCCCCCCCC1CSCC1N. The quantitative estimate of drug-likeness (QED) is 0.640. The van der Waals surface area contributed by atoms with Gasteiger partial charge >= 0.3 is 0 Å². The average molecular weight is 229 g/mol. The van der Waals surface area contributed by atoms with Crippen molar-refractivity contribution in [2.24, 2.45) is 11.7 Å². The molecular formula is C13H27NS. The predicted molar refractivity (Wildman–Crippen MR) is 71.4 cm³/mol. The molecule has 2 atom stereocenters. The molecule has 0 aromatic carbocycles. The molecule has 0 bridgehead atoms. The van der Waals surface area contributed by atoms with Crippen LogP contribution in [-0.4, -0.2) is 17.5 Å². The third-order valence-electron chi connectivity index (χ3n) is 3.43. The van der Waals surface area contributed by atoms with Gasteiger partial charge in [-0.15, -0.1) is 0 Å². The van der Waals surface area contributed by atoms with Crippen molar-refractivity contribution in [3.63, 3.8) is 0 Å². The first-order chi connectivity index (χ1) is 7.34. The van der Waals surface area contributed by atoms with Crippen molar-refractivity contribution in [1.29, 1.82) is 0 Å². The Bertz CT molecular complexity index is 149. The number of thioether (sulfide) groups is 1. The van der Waals surface area contributed by atoms with Gasteiger partial charge in [-0.2, -0.15) is 11.8 Å². The second-order valence-corrected chi connectivity index (χ2v) is 5.95. The summed E-state index contributed by atoms with van der Waals surface area (Å²) < 4.78 is 0. The summed E-state index contributed by atoms with van der Waals surface area (Å²) in [6.07, 6.45) is 11.3. The second-order valence-electron chi connectivity index (χ2n) is 4.87. The first-order valence-electron chi connectivity index (χ1n) is 6.68. The van der Waals surface area contributed by atoms with Crippen LogP contribution in [0.2, 0.25) is 0 Å². The van der Waals surface area contributed by atoms with Crippen LogP contribution < -0.4 is 5.73 Å². The molecule has 1 nitrogen and oxygen atoms in total. The fourth-order valence-electron chi connectivity index (χ4n) is 2.28. The van der Waals surface area contributed by atoms with Gasteiger partial charge in [-0.05, 0) is 18.1 Å². The van der Waals surface area contributed by atoms with Crippen molar-refractivity contribution in [2.75, 3.05) is 11.5 Å². The molecule has 90 valence electrons. The third kappa shape index (κ3) is 5.82. The van der Waals surface area contributed by atoms with Crippen LogP contribution in [0.25, 0.3) is 0 Å². The number of unbranched alkanes of at least 4 members (excludes halogenated alkanes) is 6. The van der Waals surface area contributed by atoms with Crippen LogP contribution in [0.1, 0.15) is 58.3 Å². The lowest BCUT2D eigenvalue weighted by atomic mass is 9.96. The fraction of sp³-hybridized carbons (Fsp3) is 1.00. The Morgan fingerprint density at radius 1 is 1.00 bits per heavy atom. The van der Waals surface area contributed by atoms with E-state index in [9.17, 15) is 0 Å². The largest absolute Gasteiger partial charge is 0.327 e. The highest BCUT2D eigenvalue weighted by Crippen LogP contribution is 2.27. The summed E-state index contributed by atoms with van der Waals surface area (Å²) in [6, 6.07) is 0.495. The molecule has 1 heterocycles. The summed E-state index contributed by atoms with van der Waals surface area (Å²) in [5, 5.41) is 0. The Morgan fingerprint density at radius 3 is 2.27 bits per heavy atom. The van der Waals surface area contributed by atoms with Gasteiger partial charge in [0.25, 0.3) is 0 Å². The molecule has 0 aromatic heterocycles. The van der Waals surface area contributed by atoms with Gasteiger partial charge in [0.2, 0.25) is 0 Å². The van der Waals surface area contributed by atoms with E-state index in [2.05, 4.69) is 6.92 Å². The van der Waals surface area contributed by atoms with Gasteiger partial charge in [0.1, 0.15) is 0 Å². The lowest BCUT2D eigenvalue weighted by Gasteiger charge is -2.13. The van der Waals surface area contributed by atoms with Gasteiger partial charge in [-0.3, -0.25) is 0 Å². The lowest BCUT2D eigenvalue weighted by Crippen LogP contribution is -2.28. The third-order valence-corrected chi connectivity index (χ3v) is 4.71. The van der Waals surface area contributed by atoms with Crippen molar-refractivity contribution in [2.45, 2.75) is 64.3 Å². The smallest absolute Gasteiger partial charge is 0.0166 e. The normalized spacial score (nSPS) is 26.0. The maximum absolute atomic E-state index is 6.04. The summed E-state index contributed by atoms with van der Waals surface area (Å²) in [5.74, 6) is 3.34. The van der Waals surface area contributed by atoms with Gasteiger partial charge in [-0.1, -0.05) is 51.9 Å². The standard InChI is InChI=1S/C13H27NS/c1-2-3-4-5-6-7-8-9-12-10-15-11-13(12)14/h12-13H,2-11,14H2,1H3. The van der Waals surface area contributed by atoms with Gasteiger partial charge < -0.3 is 5.73 Å². The molecule has 0 aromatic rings. The number of nitrogens with two attached hydrogens (primary N) is 1. The lowest BCUT2D eigenvalue weighted by molar-refractivity contribution is 0.447. The van der Waals surface area contributed by atoms with Gasteiger partial charge in [0.05, 0.1) is 0 Å². The van der Waals surface area contributed by atoms with Crippen molar-refractivity contribution < 1.29 is 0 Å². The van der Waals surface area contributed by atoms with E-state index in [1.54, 1.807) is 0 Å². The van der Waals surface area contributed by atoms with Crippen molar-refractivity contribution in [3.8, 4) is 0 Å². The zero-order valence-corrected chi connectivity index (χ0v) is 11.0. The van der Waals surface area contributed by atoms with Crippen LogP contribution in [0.3, 0.4) is 0 Å². The molecule has 15 heavy (non-hydrogen) atoms. The fourth-order valence-corrected chi connectivity index (χ4v) is 3.67. The summed E-state index contributed by atoms with van der Waals surface area (Å²) >= 11 is 2.04. The minimum atomic E-state index is 0.495. The van der Waals surface area contributed by atoms with Crippen molar-refractivity contribution in [1.82, 2.24) is 0 Å². The van der Waals surface area contributed by atoms with Crippen LogP contribution in [0.5, 0.6) is 0 Å². The Balaban J connectivity index is 1.84.